The normalized spacial score (nSPS) is 12.9. The number of hydrogen-bond donors (Lipinski definition) is 1. The highest BCUT2D eigenvalue weighted by molar-refractivity contribution is 7.92. The Balaban J connectivity index is 2.19. The van der Waals surface area contributed by atoms with Gasteiger partial charge in [0.2, 0.25) is 21.8 Å². The number of nitrogens with one attached hydrogen (secondary N) is 1. The summed E-state index contributed by atoms with van der Waals surface area (Å²) in [5, 5.41) is 3.67. The summed E-state index contributed by atoms with van der Waals surface area (Å²) < 4.78 is 31.7. The van der Waals surface area contributed by atoms with Gasteiger partial charge >= 0.3 is 0 Å². The second-order valence-corrected chi connectivity index (χ2v) is 11.9. The molecule has 0 radical (unpaired) electrons. The summed E-state index contributed by atoms with van der Waals surface area (Å²) in [5.41, 5.74) is 1.21. The van der Waals surface area contributed by atoms with Crippen molar-refractivity contribution in [1.29, 1.82) is 0 Å². The van der Waals surface area contributed by atoms with Crippen LogP contribution < -0.4 is 14.4 Å². The summed E-state index contributed by atoms with van der Waals surface area (Å²) >= 11 is 12.2. The maximum atomic E-state index is 13.4. The van der Waals surface area contributed by atoms with Crippen molar-refractivity contribution in [2.24, 2.45) is 0 Å². The van der Waals surface area contributed by atoms with Gasteiger partial charge in [-0.1, -0.05) is 36.2 Å². The first kappa shape index (κ1) is 31.7. The largest absolute Gasteiger partial charge is 0.494 e. The summed E-state index contributed by atoms with van der Waals surface area (Å²) in [7, 11) is -3.59. The van der Waals surface area contributed by atoms with E-state index in [1.165, 1.54) is 9.21 Å². The fourth-order valence-corrected chi connectivity index (χ4v) is 5.05. The van der Waals surface area contributed by atoms with Crippen molar-refractivity contribution in [3.05, 3.63) is 58.1 Å². The van der Waals surface area contributed by atoms with Gasteiger partial charge in [-0.2, -0.15) is 0 Å². The van der Waals surface area contributed by atoms with Gasteiger partial charge in [0, 0.05) is 25.6 Å². The lowest BCUT2D eigenvalue weighted by Crippen LogP contribution is -2.49. The van der Waals surface area contributed by atoms with E-state index in [-0.39, 0.29) is 43.8 Å². The van der Waals surface area contributed by atoms with E-state index in [0.717, 1.165) is 18.2 Å². The highest BCUT2D eigenvalue weighted by Crippen LogP contribution is 2.25. The summed E-state index contributed by atoms with van der Waals surface area (Å²) in [6.07, 6.45) is 2.19. The van der Waals surface area contributed by atoms with Crippen molar-refractivity contribution in [1.82, 2.24) is 10.2 Å². The van der Waals surface area contributed by atoms with Crippen LogP contribution in [0.4, 0.5) is 5.69 Å². The number of carbonyl (C=O) groups excluding carboxylic acids is 2. The smallest absolute Gasteiger partial charge is 0.242 e. The fraction of sp³-hybridized carbons (Fsp3) is 0.481. The molecule has 0 saturated heterocycles. The molecule has 2 amide bonds. The van der Waals surface area contributed by atoms with Crippen LogP contribution in [0.25, 0.3) is 0 Å². The van der Waals surface area contributed by atoms with Crippen LogP contribution in [0.15, 0.2) is 42.5 Å². The monoisotopic (exact) mass is 585 g/mol. The van der Waals surface area contributed by atoms with Crippen LogP contribution >= 0.6 is 23.2 Å². The molecular weight excluding hydrogens is 549 g/mol. The number of benzene rings is 2. The first-order chi connectivity index (χ1) is 17.9. The number of anilines is 1. The number of amides is 2. The Labute approximate surface area is 236 Å². The van der Waals surface area contributed by atoms with E-state index in [0.29, 0.717) is 28.1 Å². The van der Waals surface area contributed by atoms with Crippen LogP contribution in [0, 0.1) is 0 Å². The Bertz CT molecular complexity index is 1190. The minimum absolute atomic E-state index is 0.0377. The van der Waals surface area contributed by atoms with Gasteiger partial charge in [-0.15, -0.1) is 0 Å². The fourth-order valence-electron chi connectivity index (χ4n) is 3.76. The van der Waals surface area contributed by atoms with Gasteiger partial charge in [-0.3, -0.25) is 13.9 Å². The molecule has 2 unspecified atom stereocenters. The van der Waals surface area contributed by atoms with Gasteiger partial charge in [0.1, 0.15) is 11.8 Å². The molecule has 11 heteroatoms. The zero-order chi connectivity index (χ0) is 28.5. The van der Waals surface area contributed by atoms with Crippen molar-refractivity contribution in [2.75, 3.05) is 23.7 Å². The summed E-state index contributed by atoms with van der Waals surface area (Å²) in [6, 6.07) is 11.0. The number of sulfonamides is 1. The molecule has 2 atom stereocenters. The van der Waals surface area contributed by atoms with Crippen LogP contribution in [0.2, 0.25) is 10.0 Å². The third kappa shape index (κ3) is 9.36. The molecule has 0 aliphatic carbocycles. The number of halogens is 2. The highest BCUT2D eigenvalue weighted by Gasteiger charge is 2.27. The number of hydrogen-bond acceptors (Lipinski definition) is 5. The molecule has 210 valence electrons. The number of nitrogens with zero attached hydrogens (tertiary/aromatic N) is 2. The molecule has 1 N–H and O–H groups in total. The minimum atomic E-state index is -3.59. The lowest BCUT2D eigenvalue weighted by Gasteiger charge is -2.30. The first-order valence-corrected chi connectivity index (χ1v) is 15.2. The van der Waals surface area contributed by atoms with E-state index in [9.17, 15) is 18.0 Å². The second-order valence-electron chi connectivity index (χ2n) is 9.13. The van der Waals surface area contributed by atoms with Gasteiger partial charge in [-0.25, -0.2) is 8.42 Å². The van der Waals surface area contributed by atoms with Gasteiger partial charge in [0.05, 0.1) is 28.6 Å². The summed E-state index contributed by atoms with van der Waals surface area (Å²) in [6.45, 7) is 8.17. The van der Waals surface area contributed by atoms with Gasteiger partial charge < -0.3 is 15.0 Å². The third-order valence-corrected chi connectivity index (χ3v) is 8.03. The Morgan fingerprint density at radius 2 is 1.68 bits per heavy atom. The molecule has 0 bridgehead atoms. The molecule has 2 aromatic rings. The van der Waals surface area contributed by atoms with E-state index in [1.807, 2.05) is 20.8 Å². The van der Waals surface area contributed by atoms with Crippen LogP contribution in [-0.2, 0) is 26.2 Å². The highest BCUT2D eigenvalue weighted by atomic mass is 35.5. The molecule has 0 heterocycles. The average molecular weight is 587 g/mol. The van der Waals surface area contributed by atoms with Crippen molar-refractivity contribution >= 4 is 50.7 Å². The van der Waals surface area contributed by atoms with Crippen molar-refractivity contribution in [3.8, 4) is 5.75 Å². The van der Waals surface area contributed by atoms with E-state index >= 15 is 0 Å². The van der Waals surface area contributed by atoms with Crippen molar-refractivity contribution in [2.45, 2.75) is 65.6 Å². The topological polar surface area (TPSA) is 96.0 Å². The van der Waals surface area contributed by atoms with E-state index < -0.39 is 16.1 Å². The zero-order valence-electron chi connectivity index (χ0n) is 22.5. The Hall–Kier alpha value is -2.49. The van der Waals surface area contributed by atoms with Gasteiger partial charge in [-0.05, 0) is 75.6 Å². The SMILES string of the molecule is CCOc1ccc(N(CCCC(=O)N(Cc2ccc(Cl)c(Cl)c2)C(C)C(=O)NC(C)CC)S(C)(=O)=O)cc1. The average Bonchev–Trinajstić information content (AvgIpc) is 2.86. The maximum absolute atomic E-state index is 13.4. The minimum Gasteiger partial charge on any atom is -0.494 e. The molecule has 0 spiro atoms. The molecule has 2 aromatic carbocycles. The lowest BCUT2D eigenvalue weighted by atomic mass is 10.1. The van der Waals surface area contributed by atoms with E-state index in [4.69, 9.17) is 27.9 Å². The van der Waals surface area contributed by atoms with Crippen LogP contribution in [-0.4, -0.2) is 56.6 Å². The lowest BCUT2D eigenvalue weighted by molar-refractivity contribution is -0.140. The molecule has 0 saturated carbocycles. The Kier molecular flexibility index (Phi) is 12.2. The van der Waals surface area contributed by atoms with Gasteiger partial charge in [0.15, 0.2) is 0 Å². The Morgan fingerprint density at radius 1 is 1.03 bits per heavy atom. The Morgan fingerprint density at radius 3 is 2.24 bits per heavy atom. The quantitative estimate of drug-likeness (QED) is 0.326. The maximum Gasteiger partial charge on any atom is 0.242 e. The van der Waals surface area contributed by atoms with E-state index in [2.05, 4.69) is 5.32 Å². The number of rotatable bonds is 14. The van der Waals surface area contributed by atoms with Gasteiger partial charge in [0.25, 0.3) is 0 Å². The van der Waals surface area contributed by atoms with E-state index in [1.54, 1.807) is 49.4 Å². The molecule has 38 heavy (non-hydrogen) atoms. The second kappa shape index (κ2) is 14.6. The van der Waals surface area contributed by atoms with Crippen LogP contribution in [0.5, 0.6) is 5.75 Å². The molecule has 8 nitrogen and oxygen atoms in total. The first-order valence-electron chi connectivity index (χ1n) is 12.6. The standard InChI is InChI=1S/C27H37Cl2N3O5S/c1-6-19(3)30-27(34)20(4)31(18-21-10-15-24(28)25(29)17-21)26(33)9-8-16-32(38(5,35)36)22-11-13-23(14-12-22)37-7-2/h10-15,17,19-20H,6-9,16,18H2,1-5H3,(H,30,34). The van der Waals surface area contributed by atoms with Crippen molar-refractivity contribution in [3.63, 3.8) is 0 Å². The molecule has 2 rings (SSSR count). The third-order valence-electron chi connectivity index (χ3n) is 6.09. The predicted octanol–water partition coefficient (Wildman–Crippen LogP) is 5.27. The summed E-state index contributed by atoms with van der Waals surface area (Å²) in [5.74, 6) is 0.102. The molecule has 0 fully saturated rings. The molecular formula is C27H37Cl2N3O5S. The number of ether oxygens (including phenoxy) is 1. The van der Waals surface area contributed by atoms with Crippen molar-refractivity contribution < 1.29 is 22.7 Å². The number of carbonyl (C=O) groups is 2. The molecule has 0 aliphatic heterocycles. The molecule has 0 aromatic heterocycles. The van der Waals surface area contributed by atoms with Crippen LogP contribution in [0.3, 0.4) is 0 Å². The predicted molar refractivity (Wildman–Crippen MR) is 153 cm³/mol. The molecule has 0 aliphatic rings. The summed E-state index contributed by atoms with van der Waals surface area (Å²) in [4.78, 5) is 27.8. The van der Waals surface area contributed by atoms with Crippen LogP contribution in [0.1, 0.15) is 52.5 Å². The zero-order valence-corrected chi connectivity index (χ0v) is 24.9.